The molecule has 0 N–H and O–H groups in total. The number of fused-ring (bicyclic) bond motifs is 2. The number of esters is 1. The Hall–Kier alpha value is -2.09. The molecule has 2 atom stereocenters. The Kier molecular flexibility index (Phi) is 2.31. The van der Waals surface area contributed by atoms with Gasteiger partial charge >= 0.3 is 5.97 Å². The van der Waals surface area contributed by atoms with Gasteiger partial charge in [0.1, 0.15) is 5.41 Å². The fourth-order valence-corrected chi connectivity index (χ4v) is 3.80. The maximum atomic E-state index is 12.4. The summed E-state index contributed by atoms with van der Waals surface area (Å²) in [5.74, 6) is 0.181. The van der Waals surface area contributed by atoms with E-state index in [1.165, 1.54) is 16.3 Å². The fraction of sp³-hybridized carbons (Fsp3) is 0.278. The third-order valence-corrected chi connectivity index (χ3v) is 4.81. The first-order chi connectivity index (χ1) is 9.70. The second-order valence-corrected chi connectivity index (χ2v) is 5.96. The van der Waals surface area contributed by atoms with Crippen molar-refractivity contribution in [1.29, 1.82) is 0 Å². The van der Waals surface area contributed by atoms with Crippen LogP contribution in [0.2, 0.25) is 0 Å². The first-order valence-electron chi connectivity index (χ1n) is 7.03. The standard InChI is InChI=1S/C18H16O2/c1-12-8-16-11-20-17(19)18(16,10-12)15-7-6-13-4-2-3-5-14(13)9-15/h2-7,9,16H,1,8,10-11H2/t16-,18-/m1/s1. The van der Waals surface area contributed by atoms with E-state index in [1.807, 2.05) is 12.1 Å². The molecule has 1 saturated heterocycles. The van der Waals surface area contributed by atoms with Gasteiger partial charge in [-0.2, -0.15) is 0 Å². The summed E-state index contributed by atoms with van der Waals surface area (Å²) in [5, 5.41) is 2.38. The minimum atomic E-state index is -0.485. The van der Waals surface area contributed by atoms with Crippen LogP contribution in [0.15, 0.2) is 54.6 Å². The smallest absolute Gasteiger partial charge is 0.317 e. The molecular formula is C18H16O2. The first-order valence-corrected chi connectivity index (χ1v) is 7.03. The van der Waals surface area contributed by atoms with Gasteiger partial charge in [-0.05, 0) is 35.2 Å². The van der Waals surface area contributed by atoms with Crippen molar-refractivity contribution >= 4 is 16.7 Å². The number of hydrogen-bond acceptors (Lipinski definition) is 2. The Balaban J connectivity index is 1.92. The lowest BCUT2D eigenvalue weighted by atomic mass is 9.73. The summed E-state index contributed by atoms with van der Waals surface area (Å²) < 4.78 is 5.36. The molecule has 1 aliphatic heterocycles. The summed E-state index contributed by atoms with van der Waals surface area (Å²) in [6.45, 7) is 4.63. The largest absolute Gasteiger partial charge is 0.465 e. The number of ether oxygens (including phenoxy) is 1. The van der Waals surface area contributed by atoms with Gasteiger partial charge in [-0.15, -0.1) is 0 Å². The van der Waals surface area contributed by atoms with Gasteiger partial charge in [0, 0.05) is 5.92 Å². The monoisotopic (exact) mass is 264 g/mol. The molecule has 0 aromatic heterocycles. The zero-order chi connectivity index (χ0) is 13.7. The number of hydrogen-bond donors (Lipinski definition) is 0. The molecule has 100 valence electrons. The second kappa shape index (κ2) is 3.95. The van der Waals surface area contributed by atoms with E-state index in [4.69, 9.17) is 4.74 Å². The van der Waals surface area contributed by atoms with Crippen LogP contribution in [0.4, 0.5) is 0 Å². The van der Waals surface area contributed by atoms with Gasteiger partial charge in [-0.1, -0.05) is 48.6 Å². The number of carbonyl (C=O) groups is 1. The average molecular weight is 264 g/mol. The molecule has 1 saturated carbocycles. The van der Waals surface area contributed by atoms with Gasteiger partial charge in [0.2, 0.25) is 0 Å². The summed E-state index contributed by atoms with van der Waals surface area (Å²) in [4.78, 5) is 12.4. The normalized spacial score (nSPS) is 28.7. The van der Waals surface area contributed by atoms with Crippen molar-refractivity contribution < 1.29 is 9.53 Å². The molecular weight excluding hydrogens is 248 g/mol. The fourth-order valence-electron chi connectivity index (χ4n) is 3.80. The van der Waals surface area contributed by atoms with E-state index in [2.05, 4.69) is 36.9 Å². The van der Waals surface area contributed by atoms with E-state index in [9.17, 15) is 4.79 Å². The molecule has 0 spiro atoms. The van der Waals surface area contributed by atoms with Gasteiger partial charge in [-0.25, -0.2) is 0 Å². The lowest BCUT2D eigenvalue weighted by Crippen LogP contribution is -2.33. The second-order valence-electron chi connectivity index (χ2n) is 5.96. The van der Waals surface area contributed by atoms with Crippen LogP contribution in [0.3, 0.4) is 0 Å². The summed E-state index contributed by atoms with van der Waals surface area (Å²) in [7, 11) is 0. The average Bonchev–Trinajstić information content (AvgIpc) is 2.95. The highest BCUT2D eigenvalue weighted by Crippen LogP contribution is 2.52. The van der Waals surface area contributed by atoms with Gasteiger partial charge in [0.25, 0.3) is 0 Å². The molecule has 2 fully saturated rings. The molecule has 0 bridgehead atoms. The summed E-state index contributed by atoms with van der Waals surface area (Å²) >= 11 is 0. The van der Waals surface area contributed by atoms with E-state index in [0.29, 0.717) is 6.61 Å². The van der Waals surface area contributed by atoms with Crippen LogP contribution < -0.4 is 0 Å². The summed E-state index contributed by atoms with van der Waals surface area (Å²) in [5.41, 5.74) is 1.77. The van der Waals surface area contributed by atoms with Gasteiger partial charge in [0.05, 0.1) is 6.61 Å². The van der Waals surface area contributed by atoms with Crippen molar-refractivity contribution in [2.75, 3.05) is 6.61 Å². The van der Waals surface area contributed by atoms with Crippen LogP contribution in [0.1, 0.15) is 18.4 Å². The SMILES string of the molecule is C=C1C[C@@H]2COC(=O)[C@@]2(c2ccc3ccccc3c2)C1. The lowest BCUT2D eigenvalue weighted by Gasteiger charge is -2.25. The van der Waals surface area contributed by atoms with Crippen molar-refractivity contribution in [3.63, 3.8) is 0 Å². The molecule has 2 aromatic carbocycles. The Morgan fingerprint density at radius 1 is 1.15 bits per heavy atom. The highest BCUT2D eigenvalue weighted by atomic mass is 16.5. The maximum absolute atomic E-state index is 12.4. The van der Waals surface area contributed by atoms with Crippen LogP contribution in [0, 0.1) is 5.92 Å². The predicted molar refractivity (Wildman–Crippen MR) is 78.4 cm³/mol. The molecule has 0 amide bonds. The van der Waals surface area contributed by atoms with E-state index >= 15 is 0 Å². The minimum Gasteiger partial charge on any atom is -0.465 e. The summed E-state index contributed by atoms with van der Waals surface area (Å²) in [6, 6.07) is 14.6. The predicted octanol–water partition coefficient (Wildman–Crippen LogP) is 3.60. The third kappa shape index (κ3) is 1.42. The molecule has 2 heteroatoms. The third-order valence-electron chi connectivity index (χ3n) is 4.81. The number of benzene rings is 2. The molecule has 1 aliphatic carbocycles. The zero-order valence-electron chi connectivity index (χ0n) is 11.3. The highest BCUT2D eigenvalue weighted by molar-refractivity contribution is 5.90. The molecule has 2 aliphatic rings. The van der Waals surface area contributed by atoms with Gasteiger partial charge in [0.15, 0.2) is 0 Å². The van der Waals surface area contributed by atoms with Crippen LogP contribution in [-0.4, -0.2) is 12.6 Å². The van der Waals surface area contributed by atoms with Crippen molar-refractivity contribution in [3.05, 3.63) is 60.2 Å². The molecule has 1 heterocycles. The zero-order valence-corrected chi connectivity index (χ0v) is 11.3. The number of cyclic esters (lactones) is 1. The van der Waals surface area contributed by atoms with Crippen LogP contribution >= 0.6 is 0 Å². The van der Waals surface area contributed by atoms with Crippen LogP contribution in [-0.2, 0) is 14.9 Å². The Morgan fingerprint density at radius 2 is 1.95 bits per heavy atom. The van der Waals surface area contributed by atoms with E-state index in [-0.39, 0.29) is 11.9 Å². The van der Waals surface area contributed by atoms with Crippen molar-refractivity contribution in [2.45, 2.75) is 18.3 Å². The van der Waals surface area contributed by atoms with Crippen LogP contribution in [0.25, 0.3) is 10.8 Å². The number of carbonyl (C=O) groups excluding carboxylic acids is 1. The van der Waals surface area contributed by atoms with Gasteiger partial charge < -0.3 is 4.74 Å². The molecule has 2 aromatic rings. The van der Waals surface area contributed by atoms with Crippen LogP contribution in [0.5, 0.6) is 0 Å². The Bertz CT molecular complexity index is 731. The highest BCUT2D eigenvalue weighted by Gasteiger charge is 2.57. The van der Waals surface area contributed by atoms with Crippen molar-refractivity contribution in [1.82, 2.24) is 0 Å². The molecule has 20 heavy (non-hydrogen) atoms. The number of rotatable bonds is 1. The molecule has 0 radical (unpaired) electrons. The van der Waals surface area contributed by atoms with Crippen molar-refractivity contribution in [2.24, 2.45) is 5.92 Å². The summed E-state index contributed by atoms with van der Waals surface area (Å²) in [6.07, 6.45) is 1.63. The quantitative estimate of drug-likeness (QED) is 0.581. The molecule has 2 nitrogen and oxygen atoms in total. The first kappa shape index (κ1) is 11.7. The van der Waals surface area contributed by atoms with Gasteiger partial charge in [-0.3, -0.25) is 4.79 Å². The van der Waals surface area contributed by atoms with E-state index < -0.39 is 5.41 Å². The minimum absolute atomic E-state index is 0.0727. The molecule has 0 unspecified atom stereocenters. The Morgan fingerprint density at radius 3 is 2.80 bits per heavy atom. The lowest BCUT2D eigenvalue weighted by molar-refractivity contribution is -0.142. The Labute approximate surface area is 118 Å². The van der Waals surface area contributed by atoms with Crippen molar-refractivity contribution in [3.8, 4) is 0 Å². The number of allylic oxidation sites excluding steroid dienone is 1. The molecule has 4 rings (SSSR count). The van der Waals surface area contributed by atoms with E-state index in [0.717, 1.165) is 18.4 Å². The maximum Gasteiger partial charge on any atom is 0.317 e. The van der Waals surface area contributed by atoms with E-state index in [1.54, 1.807) is 0 Å². The topological polar surface area (TPSA) is 26.3 Å².